The van der Waals surface area contributed by atoms with Gasteiger partial charge in [0.1, 0.15) is 0 Å². The molecule has 0 aromatic heterocycles. The minimum absolute atomic E-state index is 0.0278. The normalized spacial score (nSPS) is 9.58. The van der Waals surface area contributed by atoms with Gasteiger partial charge in [0.15, 0.2) is 0 Å². The van der Waals surface area contributed by atoms with Gasteiger partial charge in [-0.05, 0) is 19.8 Å². The Labute approximate surface area is 71.7 Å². The third kappa shape index (κ3) is 3.50. The summed E-state index contributed by atoms with van der Waals surface area (Å²) in [4.78, 5) is 10.7. The number of nitrogens with two attached hydrogens (primary N) is 1. The van der Waals surface area contributed by atoms with Crippen molar-refractivity contribution in [3.63, 3.8) is 0 Å². The second kappa shape index (κ2) is 5.74. The molecule has 0 aromatic carbocycles. The second-order valence-electron chi connectivity index (χ2n) is 2.54. The van der Waals surface area contributed by atoms with E-state index in [4.69, 9.17) is 15.9 Å². The van der Waals surface area contributed by atoms with Crippen molar-refractivity contribution >= 4 is 5.91 Å². The van der Waals surface area contributed by atoms with Gasteiger partial charge in [-0.25, -0.2) is 0 Å². The summed E-state index contributed by atoms with van der Waals surface area (Å²) >= 11 is 0. The number of hydrogen-bond acceptors (Lipinski definition) is 3. The number of hydrogen-bond donors (Lipinski definition) is 3. The standard InChI is InChI=1S/C8H15NO3/c1-6(8(9)12)7(2-4-10)3-5-11/h10-11H,2-5H2,1H3,(H2,9,12). The zero-order valence-electron chi connectivity index (χ0n) is 7.21. The fourth-order valence-electron chi connectivity index (χ4n) is 0.944. The zero-order chi connectivity index (χ0) is 9.56. The van der Waals surface area contributed by atoms with Crippen LogP contribution in [0.15, 0.2) is 11.1 Å². The van der Waals surface area contributed by atoms with Crippen LogP contribution in [0.2, 0.25) is 0 Å². The monoisotopic (exact) mass is 173 g/mol. The van der Waals surface area contributed by atoms with E-state index in [0.29, 0.717) is 18.4 Å². The summed E-state index contributed by atoms with van der Waals surface area (Å²) in [6.45, 7) is 1.54. The van der Waals surface area contributed by atoms with Gasteiger partial charge in [0.05, 0.1) is 0 Å². The Balaban J connectivity index is 4.43. The van der Waals surface area contributed by atoms with Crippen molar-refractivity contribution < 1.29 is 15.0 Å². The van der Waals surface area contributed by atoms with E-state index >= 15 is 0 Å². The van der Waals surface area contributed by atoms with Crippen molar-refractivity contribution in [3.8, 4) is 0 Å². The third-order valence-corrected chi connectivity index (χ3v) is 1.73. The lowest BCUT2D eigenvalue weighted by atomic mass is 10.0. The van der Waals surface area contributed by atoms with Crippen LogP contribution in [0.3, 0.4) is 0 Å². The quantitative estimate of drug-likeness (QED) is 0.492. The molecule has 70 valence electrons. The van der Waals surface area contributed by atoms with E-state index in [1.54, 1.807) is 6.92 Å². The zero-order valence-corrected chi connectivity index (χ0v) is 7.21. The molecule has 0 spiro atoms. The number of aliphatic hydroxyl groups is 2. The van der Waals surface area contributed by atoms with Crippen LogP contribution < -0.4 is 5.73 Å². The molecule has 0 aromatic rings. The summed E-state index contributed by atoms with van der Waals surface area (Å²) < 4.78 is 0. The Morgan fingerprint density at radius 3 is 1.92 bits per heavy atom. The lowest BCUT2D eigenvalue weighted by Gasteiger charge is -2.06. The maximum atomic E-state index is 10.7. The molecule has 4 N–H and O–H groups in total. The van der Waals surface area contributed by atoms with Crippen molar-refractivity contribution in [1.82, 2.24) is 0 Å². The first-order valence-corrected chi connectivity index (χ1v) is 3.83. The highest BCUT2D eigenvalue weighted by atomic mass is 16.3. The topological polar surface area (TPSA) is 83.6 Å². The molecule has 0 atom stereocenters. The molecule has 4 heteroatoms. The molecule has 0 fully saturated rings. The van der Waals surface area contributed by atoms with Gasteiger partial charge in [-0.15, -0.1) is 0 Å². The molecule has 12 heavy (non-hydrogen) atoms. The van der Waals surface area contributed by atoms with Crippen LogP contribution in [0.1, 0.15) is 19.8 Å². The lowest BCUT2D eigenvalue weighted by Crippen LogP contribution is -2.14. The average molecular weight is 173 g/mol. The average Bonchev–Trinajstić information content (AvgIpc) is 2.03. The van der Waals surface area contributed by atoms with Crippen molar-refractivity contribution in [2.45, 2.75) is 19.8 Å². The smallest absolute Gasteiger partial charge is 0.244 e. The summed E-state index contributed by atoms with van der Waals surface area (Å²) in [6.07, 6.45) is 0.796. The van der Waals surface area contributed by atoms with Gasteiger partial charge < -0.3 is 15.9 Å². The van der Waals surface area contributed by atoms with Crippen molar-refractivity contribution in [2.75, 3.05) is 13.2 Å². The molecule has 0 heterocycles. The number of amides is 1. The van der Waals surface area contributed by atoms with E-state index in [2.05, 4.69) is 0 Å². The number of carbonyl (C=O) groups is 1. The number of carbonyl (C=O) groups excluding carboxylic acids is 1. The predicted molar refractivity (Wildman–Crippen MR) is 45.3 cm³/mol. The first kappa shape index (κ1) is 11.1. The van der Waals surface area contributed by atoms with Gasteiger partial charge >= 0.3 is 0 Å². The number of rotatable bonds is 5. The van der Waals surface area contributed by atoms with Crippen molar-refractivity contribution in [2.24, 2.45) is 5.73 Å². The summed E-state index contributed by atoms with van der Waals surface area (Å²) in [7, 11) is 0. The molecule has 0 radical (unpaired) electrons. The highest BCUT2D eigenvalue weighted by molar-refractivity contribution is 5.92. The molecular formula is C8H15NO3. The molecule has 0 unspecified atom stereocenters. The number of primary amides is 1. The van der Waals surface area contributed by atoms with Gasteiger partial charge in [-0.3, -0.25) is 4.79 Å². The van der Waals surface area contributed by atoms with E-state index < -0.39 is 5.91 Å². The highest BCUT2D eigenvalue weighted by Gasteiger charge is 2.06. The summed E-state index contributed by atoms with van der Waals surface area (Å²) in [5.74, 6) is -0.494. The lowest BCUT2D eigenvalue weighted by molar-refractivity contribution is -0.114. The SMILES string of the molecule is CC(C(N)=O)=C(CCO)CCO. The largest absolute Gasteiger partial charge is 0.396 e. The fourth-order valence-corrected chi connectivity index (χ4v) is 0.944. The Hall–Kier alpha value is -0.870. The van der Waals surface area contributed by atoms with Gasteiger partial charge in [0, 0.05) is 18.8 Å². The molecule has 0 aliphatic rings. The summed E-state index contributed by atoms with van der Waals surface area (Å²) in [5, 5.41) is 17.3. The van der Waals surface area contributed by atoms with Crippen molar-refractivity contribution in [1.29, 1.82) is 0 Å². The molecule has 1 amide bonds. The first-order valence-electron chi connectivity index (χ1n) is 3.83. The van der Waals surface area contributed by atoms with Crippen LogP contribution >= 0.6 is 0 Å². The minimum atomic E-state index is -0.494. The van der Waals surface area contributed by atoms with Gasteiger partial charge in [-0.1, -0.05) is 5.57 Å². The molecule has 0 aliphatic heterocycles. The van der Waals surface area contributed by atoms with Crippen molar-refractivity contribution in [3.05, 3.63) is 11.1 Å². The van der Waals surface area contributed by atoms with Crippen LogP contribution in [0.4, 0.5) is 0 Å². The minimum Gasteiger partial charge on any atom is -0.396 e. The highest BCUT2D eigenvalue weighted by Crippen LogP contribution is 2.11. The maximum Gasteiger partial charge on any atom is 0.244 e. The number of aliphatic hydroxyl groups excluding tert-OH is 2. The van der Waals surface area contributed by atoms with Crippen LogP contribution in [0.25, 0.3) is 0 Å². The third-order valence-electron chi connectivity index (χ3n) is 1.73. The van der Waals surface area contributed by atoms with Crippen LogP contribution in [0.5, 0.6) is 0 Å². The Bertz CT molecular complexity index is 179. The molecule has 0 aliphatic carbocycles. The van der Waals surface area contributed by atoms with Gasteiger partial charge in [-0.2, -0.15) is 0 Å². The first-order chi connectivity index (χ1) is 5.63. The van der Waals surface area contributed by atoms with E-state index in [0.717, 1.165) is 5.57 Å². The Morgan fingerprint density at radius 1 is 1.25 bits per heavy atom. The van der Waals surface area contributed by atoms with E-state index in [1.807, 2.05) is 0 Å². The second-order valence-corrected chi connectivity index (χ2v) is 2.54. The molecular weight excluding hydrogens is 158 g/mol. The predicted octanol–water partition coefficient (Wildman–Crippen LogP) is -0.447. The van der Waals surface area contributed by atoms with Crippen LogP contribution in [-0.2, 0) is 4.79 Å². The molecule has 0 saturated heterocycles. The van der Waals surface area contributed by atoms with Gasteiger partial charge in [0.2, 0.25) is 5.91 Å². The van der Waals surface area contributed by atoms with E-state index in [1.165, 1.54) is 0 Å². The molecule has 0 rings (SSSR count). The summed E-state index contributed by atoms with van der Waals surface area (Å²) in [6, 6.07) is 0. The van der Waals surface area contributed by atoms with E-state index in [-0.39, 0.29) is 13.2 Å². The fraction of sp³-hybridized carbons (Fsp3) is 0.625. The molecule has 0 saturated carbocycles. The Kier molecular flexibility index (Phi) is 5.32. The molecule has 0 bridgehead atoms. The molecule has 4 nitrogen and oxygen atoms in total. The van der Waals surface area contributed by atoms with Crippen LogP contribution in [0, 0.1) is 0 Å². The summed E-state index contributed by atoms with van der Waals surface area (Å²) in [5.41, 5.74) is 6.21. The van der Waals surface area contributed by atoms with E-state index in [9.17, 15) is 4.79 Å². The Morgan fingerprint density at radius 2 is 1.67 bits per heavy atom. The maximum absolute atomic E-state index is 10.7. The van der Waals surface area contributed by atoms with Gasteiger partial charge in [0.25, 0.3) is 0 Å². The van der Waals surface area contributed by atoms with Crippen LogP contribution in [-0.4, -0.2) is 29.3 Å².